The lowest BCUT2D eigenvalue weighted by Crippen LogP contribution is -2.59. The number of aromatic nitrogens is 2. The van der Waals surface area contributed by atoms with E-state index < -0.39 is 60.2 Å². The first-order chi connectivity index (χ1) is 15.0. The second kappa shape index (κ2) is 12.4. The fraction of sp³-hybridized carbons (Fsp3) is 0.579. The van der Waals surface area contributed by atoms with E-state index in [0.29, 0.717) is 12.1 Å². The van der Waals surface area contributed by atoms with Gasteiger partial charge in [0.2, 0.25) is 17.7 Å². The maximum atomic E-state index is 13.0. The lowest BCUT2D eigenvalue weighted by molar-refractivity contribution is -0.147. The highest BCUT2D eigenvalue weighted by atomic mass is 16.4. The third kappa shape index (κ3) is 8.34. The predicted molar refractivity (Wildman–Crippen MR) is 111 cm³/mol. The van der Waals surface area contributed by atoms with Crippen LogP contribution in [0.15, 0.2) is 12.5 Å². The molecule has 5 unspecified atom stereocenters. The molecule has 3 amide bonds. The number of aliphatic carboxylic acids is 2. The summed E-state index contributed by atoms with van der Waals surface area (Å²) in [5.74, 6) is -5.36. The van der Waals surface area contributed by atoms with Crippen molar-refractivity contribution < 1.29 is 34.2 Å². The summed E-state index contributed by atoms with van der Waals surface area (Å²) in [6.45, 7) is 5.02. The molecule has 1 aromatic rings. The molecule has 13 heteroatoms. The summed E-state index contributed by atoms with van der Waals surface area (Å²) >= 11 is 0. The van der Waals surface area contributed by atoms with Crippen molar-refractivity contribution in [3.8, 4) is 0 Å². The topological polar surface area (TPSA) is 217 Å². The van der Waals surface area contributed by atoms with Crippen molar-refractivity contribution in [2.75, 3.05) is 0 Å². The Hall–Kier alpha value is -3.48. The van der Waals surface area contributed by atoms with Crippen molar-refractivity contribution in [3.05, 3.63) is 18.2 Å². The van der Waals surface area contributed by atoms with Crippen molar-refractivity contribution in [1.82, 2.24) is 25.9 Å². The molecule has 1 rings (SSSR count). The molecule has 178 valence electrons. The first-order valence-electron chi connectivity index (χ1n) is 10.0. The fourth-order valence-corrected chi connectivity index (χ4v) is 2.72. The minimum Gasteiger partial charge on any atom is -0.481 e. The van der Waals surface area contributed by atoms with Crippen LogP contribution in [0.4, 0.5) is 0 Å². The van der Waals surface area contributed by atoms with Gasteiger partial charge in [-0.3, -0.25) is 19.2 Å². The summed E-state index contributed by atoms with van der Waals surface area (Å²) in [4.78, 5) is 66.6. The van der Waals surface area contributed by atoms with Crippen LogP contribution in [0.2, 0.25) is 0 Å². The van der Waals surface area contributed by atoms with Gasteiger partial charge in [0.25, 0.3) is 0 Å². The molecular formula is C19H30N6O7. The molecule has 1 heterocycles. The number of carbonyl (C=O) groups is 5. The van der Waals surface area contributed by atoms with Crippen LogP contribution in [0.1, 0.15) is 39.3 Å². The summed E-state index contributed by atoms with van der Waals surface area (Å²) in [6, 6.07) is -4.81. The minimum atomic E-state index is -1.69. The average molecular weight is 454 g/mol. The van der Waals surface area contributed by atoms with Gasteiger partial charge in [0.15, 0.2) is 0 Å². The molecule has 0 aliphatic carbocycles. The first kappa shape index (κ1) is 26.6. The van der Waals surface area contributed by atoms with Gasteiger partial charge >= 0.3 is 11.9 Å². The van der Waals surface area contributed by atoms with Crippen LogP contribution >= 0.6 is 0 Å². The number of aromatic amines is 1. The largest absolute Gasteiger partial charge is 0.481 e. The summed E-state index contributed by atoms with van der Waals surface area (Å²) in [5, 5.41) is 25.3. The molecule has 0 aromatic carbocycles. The Morgan fingerprint density at radius 1 is 1.03 bits per heavy atom. The number of nitrogens with one attached hydrogen (secondary N) is 4. The summed E-state index contributed by atoms with van der Waals surface area (Å²) in [6.07, 6.45) is 2.40. The molecule has 1 aromatic heterocycles. The van der Waals surface area contributed by atoms with Crippen LogP contribution in [0, 0.1) is 5.92 Å². The lowest BCUT2D eigenvalue weighted by Gasteiger charge is -2.27. The van der Waals surface area contributed by atoms with Crippen LogP contribution < -0.4 is 21.7 Å². The highest BCUT2D eigenvalue weighted by Crippen LogP contribution is 2.10. The summed E-state index contributed by atoms with van der Waals surface area (Å²) in [7, 11) is 0. The monoisotopic (exact) mass is 454 g/mol. The van der Waals surface area contributed by atoms with Crippen molar-refractivity contribution >= 4 is 29.7 Å². The van der Waals surface area contributed by atoms with Gasteiger partial charge in [-0.1, -0.05) is 20.3 Å². The number of rotatable bonds is 13. The fourth-order valence-electron chi connectivity index (χ4n) is 2.72. The van der Waals surface area contributed by atoms with E-state index >= 15 is 0 Å². The standard InChI is InChI=1S/C19H30N6O7/c1-4-9(2)15(25-16(28)10(3)20)18(30)23-12(5-11-7-21-8-22-11)17(29)24-13(19(31)32)6-14(26)27/h7-10,12-13,15H,4-6,20H2,1-3H3,(H,21,22)(H,23,30)(H,24,29)(H,25,28)(H,26,27)(H,31,32). The van der Waals surface area contributed by atoms with E-state index in [1.165, 1.54) is 19.4 Å². The number of nitrogens with two attached hydrogens (primary N) is 1. The number of hydrogen-bond acceptors (Lipinski definition) is 7. The van der Waals surface area contributed by atoms with Gasteiger partial charge in [0.05, 0.1) is 18.8 Å². The minimum absolute atomic E-state index is 0.0779. The molecule has 0 fully saturated rings. The first-order valence-corrected chi connectivity index (χ1v) is 10.0. The SMILES string of the molecule is CCC(C)C(NC(=O)C(C)N)C(=O)NC(Cc1cnc[nH]1)C(=O)NC(CC(=O)O)C(=O)O. The molecule has 0 spiro atoms. The van der Waals surface area contributed by atoms with Crippen molar-refractivity contribution in [1.29, 1.82) is 0 Å². The maximum absolute atomic E-state index is 13.0. The Kier molecular flexibility index (Phi) is 10.3. The number of carboxylic acids is 2. The molecular weight excluding hydrogens is 424 g/mol. The third-order valence-electron chi connectivity index (χ3n) is 4.81. The number of hydrogen-bond donors (Lipinski definition) is 7. The Morgan fingerprint density at radius 3 is 2.12 bits per heavy atom. The van der Waals surface area contributed by atoms with Gasteiger partial charge in [-0.2, -0.15) is 0 Å². The van der Waals surface area contributed by atoms with E-state index in [9.17, 15) is 29.1 Å². The quantitative estimate of drug-likeness (QED) is 0.181. The van der Waals surface area contributed by atoms with E-state index in [2.05, 4.69) is 25.9 Å². The van der Waals surface area contributed by atoms with Gasteiger partial charge in [-0.25, -0.2) is 9.78 Å². The highest BCUT2D eigenvalue weighted by Gasteiger charge is 2.32. The normalized spacial score (nSPS) is 15.5. The van der Waals surface area contributed by atoms with Gasteiger partial charge in [-0.05, 0) is 12.8 Å². The second-order valence-electron chi connectivity index (χ2n) is 7.50. The summed E-state index contributed by atoms with van der Waals surface area (Å²) < 4.78 is 0. The third-order valence-corrected chi connectivity index (χ3v) is 4.81. The number of imidazole rings is 1. The van der Waals surface area contributed by atoms with E-state index in [1.807, 2.05) is 6.92 Å². The molecule has 13 nitrogen and oxygen atoms in total. The predicted octanol–water partition coefficient (Wildman–Crippen LogP) is -1.64. The van der Waals surface area contributed by atoms with Crippen LogP contribution in [-0.4, -0.2) is 74.0 Å². The number of nitrogens with zero attached hydrogens (tertiary/aromatic N) is 1. The Bertz CT molecular complexity index is 811. The Morgan fingerprint density at radius 2 is 1.66 bits per heavy atom. The molecule has 0 saturated carbocycles. The van der Waals surface area contributed by atoms with Crippen LogP contribution in [-0.2, 0) is 30.4 Å². The van der Waals surface area contributed by atoms with Crippen molar-refractivity contribution in [2.45, 2.75) is 64.2 Å². The van der Waals surface area contributed by atoms with Crippen LogP contribution in [0.3, 0.4) is 0 Å². The van der Waals surface area contributed by atoms with Gasteiger partial charge in [0.1, 0.15) is 18.1 Å². The molecule has 32 heavy (non-hydrogen) atoms. The van der Waals surface area contributed by atoms with Gasteiger partial charge < -0.3 is 36.9 Å². The van der Waals surface area contributed by atoms with E-state index in [-0.39, 0.29) is 12.3 Å². The van der Waals surface area contributed by atoms with E-state index in [1.54, 1.807) is 6.92 Å². The van der Waals surface area contributed by atoms with Crippen LogP contribution in [0.5, 0.6) is 0 Å². The number of H-pyrrole nitrogens is 1. The number of amides is 3. The summed E-state index contributed by atoms with van der Waals surface area (Å²) in [5.41, 5.74) is 6.03. The highest BCUT2D eigenvalue weighted by molar-refractivity contribution is 5.94. The molecule has 0 aliphatic heterocycles. The zero-order valence-corrected chi connectivity index (χ0v) is 18.1. The zero-order valence-electron chi connectivity index (χ0n) is 18.1. The molecule has 0 radical (unpaired) electrons. The molecule has 5 atom stereocenters. The molecule has 0 saturated heterocycles. The molecule has 0 aliphatic rings. The smallest absolute Gasteiger partial charge is 0.326 e. The average Bonchev–Trinajstić information content (AvgIpc) is 3.22. The van der Waals surface area contributed by atoms with Gasteiger partial charge in [-0.15, -0.1) is 0 Å². The van der Waals surface area contributed by atoms with E-state index in [4.69, 9.17) is 10.8 Å². The molecule has 0 bridgehead atoms. The van der Waals surface area contributed by atoms with E-state index in [0.717, 1.165) is 0 Å². The van der Waals surface area contributed by atoms with Gasteiger partial charge in [0, 0.05) is 18.3 Å². The lowest BCUT2D eigenvalue weighted by atomic mass is 9.97. The number of carboxylic acid groups (broad SMARTS) is 2. The second-order valence-corrected chi connectivity index (χ2v) is 7.50. The van der Waals surface area contributed by atoms with Crippen LogP contribution in [0.25, 0.3) is 0 Å². The Balaban J connectivity index is 3.09. The van der Waals surface area contributed by atoms with Crippen molar-refractivity contribution in [3.63, 3.8) is 0 Å². The maximum Gasteiger partial charge on any atom is 0.326 e. The zero-order chi connectivity index (χ0) is 24.4. The van der Waals surface area contributed by atoms with Crippen molar-refractivity contribution in [2.24, 2.45) is 11.7 Å². The Labute approximate surface area is 184 Å². The molecule has 8 N–H and O–H groups in total. The number of carbonyl (C=O) groups excluding carboxylic acids is 3.